The van der Waals surface area contributed by atoms with Crippen LogP contribution < -0.4 is 5.32 Å². The minimum absolute atomic E-state index is 0.119. The van der Waals surface area contributed by atoms with Crippen LogP contribution in [0.1, 0.15) is 5.56 Å². The fourth-order valence-corrected chi connectivity index (χ4v) is 2.37. The van der Waals surface area contributed by atoms with Gasteiger partial charge < -0.3 is 15.0 Å². The summed E-state index contributed by atoms with van der Waals surface area (Å²) < 4.78 is 19.4. The van der Waals surface area contributed by atoms with Gasteiger partial charge in [0.05, 0.1) is 12.7 Å². The van der Waals surface area contributed by atoms with Gasteiger partial charge in [0.1, 0.15) is 5.82 Å². The van der Waals surface area contributed by atoms with E-state index in [0.717, 1.165) is 25.3 Å². The Bertz CT molecular complexity index is 386. The van der Waals surface area contributed by atoms with Gasteiger partial charge in [-0.25, -0.2) is 4.39 Å². The van der Waals surface area contributed by atoms with E-state index in [0.29, 0.717) is 6.42 Å². The molecule has 1 saturated heterocycles. The number of ether oxygens (including phenoxy) is 1. The Kier molecular flexibility index (Phi) is 4.69. The maximum absolute atomic E-state index is 13.7. The third kappa shape index (κ3) is 3.28. The molecule has 0 spiro atoms. The number of benzene rings is 1. The SMILES string of the molecule is CNC(Cc1ccccc1F)C1CN(C)CCO1. The van der Waals surface area contributed by atoms with Gasteiger partial charge in [-0.2, -0.15) is 0 Å². The molecular weight excluding hydrogens is 231 g/mol. The van der Waals surface area contributed by atoms with E-state index in [2.05, 4.69) is 17.3 Å². The largest absolute Gasteiger partial charge is 0.374 e. The molecule has 0 radical (unpaired) electrons. The highest BCUT2D eigenvalue weighted by Crippen LogP contribution is 2.14. The summed E-state index contributed by atoms with van der Waals surface area (Å²) in [5, 5.41) is 3.25. The maximum atomic E-state index is 13.7. The zero-order valence-corrected chi connectivity index (χ0v) is 11.0. The summed E-state index contributed by atoms with van der Waals surface area (Å²) >= 11 is 0. The zero-order chi connectivity index (χ0) is 13.0. The summed E-state index contributed by atoms with van der Waals surface area (Å²) in [6, 6.07) is 7.09. The molecule has 1 N–H and O–H groups in total. The first-order chi connectivity index (χ1) is 8.70. The van der Waals surface area contributed by atoms with E-state index in [1.807, 2.05) is 19.2 Å². The van der Waals surface area contributed by atoms with Crippen LogP contribution in [0, 0.1) is 5.82 Å². The van der Waals surface area contributed by atoms with Crippen molar-refractivity contribution in [1.82, 2.24) is 10.2 Å². The fourth-order valence-electron chi connectivity index (χ4n) is 2.37. The number of morpholine rings is 1. The van der Waals surface area contributed by atoms with E-state index < -0.39 is 0 Å². The number of rotatable bonds is 4. The van der Waals surface area contributed by atoms with E-state index >= 15 is 0 Å². The average molecular weight is 252 g/mol. The van der Waals surface area contributed by atoms with Crippen molar-refractivity contribution in [3.05, 3.63) is 35.6 Å². The molecule has 4 heteroatoms. The molecule has 2 atom stereocenters. The van der Waals surface area contributed by atoms with Crippen molar-refractivity contribution in [2.45, 2.75) is 18.6 Å². The third-order valence-electron chi connectivity index (χ3n) is 3.51. The van der Waals surface area contributed by atoms with Crippen molar-refractivity contribution >= 4 is 0 Å². The number of hydrogen-bond donors (Lipinski definition) is 1. The minimum atomic E-state index is -0.137. The normalized spacial score (nSPS) is 22.9. The van der Waals surface area contributed by atoms with E-state index in [9.17, 15) is 4.39 Å². The molecule has 1 aromatic rings. The van der Waals surface area contributed by atoms with Gasteiger partial charge in [0, 0.05) is 19.1 Å². The van der Waals surface area contributed by atoms with Crippen LogP contribution in [-0.4, -0.2) is 50.8 Å². The summed E-state index contributed by atoms with van der Waals surface area (Å²) in [6.07, 6.45) is 0.773. The molecule has 0 aliphatic carbocycles. The van der Waals surface area contributed by atoms with Crippen LogP contribution in [0.5, 0.6) is 0 Å². The van der Waals surface area contributed by atoms with Gasteiger partial charge >= 0.3 is 0 Å². The average Bonchev–Trinajstić information content (AvgIpc) is 2.38. The number of hydrogen-bond acceptors (Lipinski definition) is 3. The quantitative estimate of drug-likeness (QED) is 0.874. The van der Waals surface area contributed by atoms with Crippen LogP contribution in [0.25, 0.3) is 0 Å². The summed E-state index contributed by atoms with van der Waals surface area (Å²) in [6.45, 7) is 2.60. The first-order valence-corrected chi connectivity index (χ1v) is 6.41. The zero-order valence-electron chi connectivity index (χ0n) is 11.0. The van der Waals surface area contributed by atoms with Gasteiger partial charge in [-0.05, 0) is 32.1 Å². The molecule has 0 bridgehead atoms. The Balaban J connectivity index is 2.03. The van der Waals surface area contributed by atoms with E-state index in [4.69, 9.17) is 4.74 Å². The Morgan fingerprint density at radius 3 is 2.94 bits per heavy atom. The number of likely N-dealkylation sites (N-methyl/N-ethyl adjacent to an activating group) is 2. The number of nitrogens with one attached hydrogen (secondary N) is 1. The molecule has 0 saturated carbocycles. The van der Waals surface area contributed by atoms with Crippen LogP contribution >= 0.6 is 0 Å². The van der Waals surface area contributed by atoms with Crippen LogP contribution in [0.15, 0.2) is 24.3 Å². The predicted molar refractivity (Wildman–Crippen MR) is 70.2 cm³/mol. The standard InChI is InChI=1S/C14H21FN2O/c1-16-13(14-10-17(2)7-8-18-14)9-11-5-3-4-6-12(11)15/h3-6,13-14,16H,7-10H2,1-2H3. The maximum Gasteiger partial charge on any atom is 0.126 e. The predicted octanol–water partition coefficient (Wildman–Crippen LogP) is 1.29. The first-order valence-electron chi connectivity index (χ1n) is 6.41. The number of halogens is 1. The molecule has 0 amide bonds. The smallest absolute Gasteiger partial charge is 0.126 e. The second-order valence-corrected chi connectivity index (χ2v) is 4.86. The van der Waals surface area contributed by atoms with E-state index in [-0.39, 0.29) is 18.0 Å². The topological polar surface area (TPSA) is 24.5 Å². The lowest BCUT2D eigenvalue weighted by Crippen LogP contribution is -2.51. The van der Waals surface area contributed by atoms with Gasteiger partial charge in [0.15, 0.2) is 0 Å². The molecule has 1 aliphatic heterocycles. The Morgan fingerprint density at radius 2 is 2.28 bits per heavy atom. The molecule has 3 nitrogen and oxygen atoms in total. The second kappa shape index (κ2) is 6.27. The van der Waals surface area contributed by atoms with Crippen LogP contribution in [-0.2, 0) is 11.2 Å². The highest BCUT2D eigenvalue weighted by atomic mass is 19.1. The van der Waals surface area contributed by atoms with E-state index in [1.165, 1.54) is 6.07 Å². The molecule has 1 aromatic carbocycles. The highest BCUT2D eigenvalue weighted by Gasteiger charge is 2.26. The van der Waals surface area contributed by atoms with E-state index in [1.54, 1.807) is 6.07 Å². The van der Waals surface area contributed by atoms with Gasteiger partial charge in [0.25, 0.3) is 0 Å². The van der Waals surface area contributed by atoms with Crippen molar-refractivity contribution in [2.24, 2.45) is 0 Å². The van der Waals surface area contributed by atoms with Crippen molar-refractivity contribution in [2.75, 3.05) is 33.8 Å². The molecule has 1 heterocycles. The monoisotopic (exact) mass is 252 g/mol. The second-order valence-electron chi connectivity index (χ2n) is 4.86. The molecule has 0 aromatic heterocycles. The Morgan fingerprint density at radius 1 is 1.50 bits per heavy atom. The number of nitrogens with zero attached hydrogens (tertiary/aromatic N) is 1. The van der Waals surface area contributed by atoms with Crippen molar-refractivity contribution in [1.29, 1.82) is 0 Å². The Labute approximate surface area is 108 Å². The van der Waals surface area contributed by atoms with Crippen LogP contribution in [0.3, 0.4) is 0 Å². The van der Waals surface area contributed by atoms with Gasteiger partial charge in [-0.1, -0.05) is 18.2 Å². The molecule has 100 valence electrons. The fraction of sp³-hybridized carbons (Fsp3) is 0.571. The first kappa shape index (κ1) is 13.5. The van der Waals surface area contributed by atoms with Crippen LogP contribution in [0.4, 0.5) is 4.39 Å². The highest BCUT2D eigenvalue weighted by molar-refractivity contribution is 5.18. The summed E-state index contributed by atoms with van der Waals surface area (Å²) in [5.41, 5.74) is 0.744. The minimum Gasteiger partial charge on any atom is -0.374 e. The molecule has 2 rings (SSSR count). The van der Waals surface area contributed by atoms with Crippen LogP contribution in [0.2, 0.25) is 0 Å². The van der Waals surface area contributed by atoms with Crippen molar-refractivity contribution in [3.63, 3.8) is 0 Å². The molecular formula is C14H21FN2O. The molecule has 18 heavy (non-hydrogen) atoms. The van der Waals surface area contributed by atoms with Crippen molar-refractivity contribution in [3.8, 4) is 0 Å². The lowest BCUT2D eigenvalue weighted by Gasteiger charge is -2.35. The van der Waals surface area contributed by atoms with Crippen molar-refractivity contribution < 1.29 is 9.13 Å². The lowest BCUT2D eigenvalue weighted by atomic mass is 10.00. The molecule has 2 unspecified atom stereocenters. The summed E-state index contributed by atoms with van der Waals surface area (Å²) in [7, 11) is 3.99. The summed E-state index contributed by atoms with van der Waals surface area (Å²) in [5.74, 6) is -0.137. The van der Waals surface area contributed by atoms with Gasteiger partial charge in [-0.3, -0.25) is 0 Å². The lowest BCUT2D eigenvalue weighted by molar-refractivity contribution is -0.0373. The molecule has 1 aliphatic rings. The van der Waals surface area contributed by atoms with Gasteiger partial charge in [0.2, 0.25) is 0 Å². The van der Waals surface area contributed by atoms with Gasteiger partial charge in [-0.15, -0.1) is 0 Å². The Hall–Kier alpha value is -0.970. The molecule has 1 fully saturated rings. The third-order valence-corrected chi connectivity index (χ3v) is 3.51. The summed E-state index contributed by atoms with van der Waals surface area (Å²) in [4.78, 5) is 2.25.